The number of likely N-dealkylation sites (tertiary alicyclic amines) is 1. The SMILES string of the molecule is NC(CCc1ccccc1)C(=O)N1CC2CCC1C2. The number of hydrogen-bond acceptors (Lipinski definition) is 2. The Hall–Kier alpha value is -1.35. The number of fused-ring (bicyclic) bond motifs is 2. The first-order valence-corrected chi connectivity index (χ1v) is 7.34. The number of benzene rings is 1. The molecule has 1 aromatic rings. The van der Waals surface area contributed by atoms with Gasteiger partial charge in [0.15, 0.2) is 0 Å². The molecule has 3 unspecified atom stereocenters. The molecular formula is C16H22N2O. The van der Waals surface area contributed by atoms with E-state index in [1.54, 1.807) is 0 Å². The second kappa shape index (κ2) is 5.33. The Bertz CT molecular complexity index is 445. The van der Waals surface area contributed by atoms with Gasteiger partial charge in [0.05, 0.1) is 6.04 Å². The van der Waals surface area contributed by atoms with Gasteiger partial charge in [0.1, 0.15) is 0 Å². The molecule has 1 amide bonds. The third kappa shape index (κ3) is 2.66. The van der Waals surface area contributed by atoms with Crippen molar-refractivity contribution in [1.29, 1.82) is 0 Å². The zero-order valence-electron chi connectivity index (χ0n) is 11.3. The van der Waals surface area contributed by atoms with Gasteiger partial charge in [-0.1, -0.05) is 30.3 Å². The topological polar surface area (TPSA) is 46.3 Å². The van der Waals surface area contributed by atoms with Crippen molar-refractivity contribution in [3.63, 3.8) is 0 Å². The zero-order valence-corrected chi connectivity index (χ0v) is 11.3. The summed E-state index contributed by atoms with van der Waals surface area (Å²) < 4.78 is 0. The van der Waals surface area contributed by atoms with Crippen molar-refractivity contribution >= 4 is 5.91 Å². The Kier molecular flexibility index (Phi) is 3.56. The van der Waals surface area contributed by atoms with Gasteiger partial charge in [0.2, 0.25) is 5.91 Å². The maximum absolute atomic E-state index is 12.4. The molecule has 3 nitrogen and oxygen atoms in total. The highest BCUT2D eigenvalue weighted by molar-refractivity contribution is 5.82. The smallest absolute Gasteiger partial charge is 0.239 e. The fraction of sp³-hybridized carbons (Fsp3) is 0.562. The lowest BCUT2D eigenvalue weighted by Gasteiger charge is -2.29. The number of carbonyl (C=O) groups excluding carboxylic acids is 1. The molecule has 1 aliphatic heterocycles. The molecule has 3 heteroatoms. The molecular weight excluding hydrogens is 236 g/mol. The van der Waals surface area contributed by atoms with Gasteiger partial charge in [-0.25, -0.2) is 0 Å². The van der Waals surface area contributed by atoms with Gasteiger partial charge in [0.25, 0.3) is 0 Å². The Labute approximate surface area is 114 Å². The maximum Gasteiger partial charge on any atom is 0.239 e. The number of amides is 1. The first-order valence-electron chi connectivity index (χ1n) is 7.34. The number of piperidine rings is 1. The first-order chi connectivity index (χ1) is 9.24. The minimum Gasteiger partial charge on any atom is -0.338 e. The summed E-state index contributed by atoms with van der Waals surface area (Å²) in [6.45, 7) is 0.947. The molecule has 3 atom stereocenters. The molecule has 0 spiro atoms. The summed E-state index contributed by atoms with van der Waals surface area (Å²) in [6.07, 6.45) is 5.32. The van der Waals surface area contributed by atoms with Gasteiger partial charge in [-0.15, -0.1) is 0 Å². The van der Waals surface area contributed by atoms with E-state index in [9.17, 15) is 4.79 Å². The highest BCUT2D eigenvalue weighted by Gasteiger charge is 2.41. The summed E-state index contributed by atoms with van der Waals surface area (Å²) >= 11 is 0. The lowest BCUT2D eigenvalue weighted by atomic mass is 10.0. The summed E-state index contributed by atoms with van der Waals surface area (Å²) in [4.78, 5) is 14.4. The largest absolute Gasteiger partial charge is 0.338 e. The molecule has 1 saturated heterocycles. The Morgan fingerprint density at radius 1 is 1.32 bits per heavy atom. The van der Waals surface area contributed by atoms with Gasteiger partial charge in [-0.05, 0) is 43.6 Å². The second-order valence-corrected chi connectivity index (χ2v) is 5.95. The predicted molar refractivity (Wildman–Crippen MR) is 75.6 cm³/mol. The lowest BCUT2D eigenvalue weighted by molar-refractivity contribution is -0.134. The molecule has 2 N–H and O–H groups in total. The van der Waals surface area contributed by atoms with Gasteiger partial charge < -0.3 is 10.6 Å². The van der Waals surface area contributed by atoms with E-state index < -0.39 is 0 Å². The molecule has 1 heterocycles. The third-order valence-electron chi connectivity index (χ3n) is 4.60. The van der Waals surface area contributed by atoms with Crippen LogP contribution in [0.2, 0.25) is 0 Å². The van der Waals surface area contributed by atoms with E-state index in [4.69, 9.17) is 5.73 Å². The summed E-state index contributed by atoms with van der Waals surface area (Å²) in [5.41, 5.74) is 7.34. The molecule has 102 valence electrons. The molecule has 3 rings (SSSR count). The average molecular weight is 258 g/mol. The number of rotatable bonds is 4. The van der Waals surface area contributed by atoms with Crippen molar-refractivity contribution in [3.8, 4) is 0 Å². The Morgan fingerprint density at radius 2 is 2.11 bits per heavy atom. The van der Waals surface area contributed by atoms with E-state index in [0.29, 0.717) is 6.04 Å². The van der Waals surface area contributed by atoms with Gasteiger partial charge >= 0.3 is 0 Å². The van der Waals surface area contributed by atoms with Gasteiger partial charge in [-0.3, -0.25) is 4.79 Å². The Morgan fingerprint density at radius 3 is 2.74 bits per heavy atom. The molecule has 19 heavy (non-hydrogen) atoms. The number of carbonyl (C=O) groups is 1. The fourth-order valence-electron chi connectivity index (χ4n) is 3.50. The Balaban J connectivity index is 1.53. The van der Waals surface area contributed by atoms with E-state index in [2.05, 4.69) is 12.1 Å². The minimum atomic E-state index is -0.334. The fourth-order valence-corrected chi connectivity index (χ4v) is 3.50. The van der Waals surface area contributed by atoms with Crippen LogP contribution in [0.5, 0.6) is 0 Å². The first kappa shape index (κ1) is 12.7. The van der Waals surface area contributed by atoms with Crippen LogP contribution in [-0.2, 0) is 11.2 Å². The number of hydrogen-bond donors (Lipinski definition) is 1. The molecule has 1 aliphatic carbocycles. The molecule has 2 bridgehead atoms. The molecule has 2 aliphatic rings. The second-order valence-electron chi connectivity index (χ2n) is 5.95. The molecule has 0 aromatic heterocycles. The summed E-state index contributed by atoms with van der Waals surface area (Å²) in [5, 5.41) is 0. The molecule has 2 fully saturated rings. The van der Waals surface area contributed by atoms with Crippen LogP contribution < -0.4 is 5.73 Å². The van der Waals surface area contributed by atoms with E-state index in [1.807, 2.05) is 23.1 Å². The van der Waals surface area contributed by atoms with Crippen molar-refractivity contribution in [1.82, 2.24) is 4.90 Å². The highest BCUT2D eigenvalue weighted by atomic mass is 16.2. The normalized spacial score (nSPS) is 26.7. The van der Waals surface area contributed by atoms with Crippen molar-refractivity contribution in [3.05, 3.63) is 35.9 Å². The van der Waals surface area contributed by atoms with Crippen LogP contribution in [0.25, 0.3) is 0 Å². The van der Waals surface area contributed by atoms with Crippen LogP contribution in [0.1, 0.15) is 31.2 Å². The van der Waals surface area contributed by atoms with E-state index >= 15 is 0 Å². The van der Waals surface area contributed by atoms with E-state index in [0.717, 1.165) is 25.3 Å². The van der Waals surface area contributed by atoms with Crippen molar-refractivity contribution in [2.75, 3.05) is 6.54 Å². The summed E-state index contributed by atoms with van der Waals surface area (Å²) in [7, 11) is 0. The van der Waals surface area contributed by atoms with Crippen molar-refractivity contribution in [2.24, 2.45) is 11.7 Å². The molecule has 1 aromatic carbocycles. The maximum atomic E-state index is 12.4. The van der Waals surface area contributed by atoms with Crippen LogP contribution >= 0.6 is 0 Å². The number of nitrogens with two attached hydrogens (primary N) is 1. The van der Waals surface area contributed by atoms with Gasteiger partial charge in [0, 0.05) is 12.6 Å². The van der Waals surface area contributed by atoms with Crippen LogP contribution in [0.3, 0.4) is 0 Å². The van der Waals surface area contributed by atoms with Crippen molar-refractivity contribution in [2.45, 2.75) is 44.2 Å². The zero-order chi connectivity index (χ0) is 13.2. The monoisotopic (exact) mass is 258 g/mol. The molecule has 1 saturated carbocycles. The standard InChI is InChI=1S/C16H22N2O/c17-15(9-7-12-4-2-1-3-5-12)16(19)18-11-13-6-8-14(18)10-13/h1-5,13-15H,6-11,17H2. The number of nitrogens with zero attached hydrogens (tertiary/aromatic N) is 1. The summed E-state index contributed by atoms with van der Waals surface area (Å²) in [5.74, 6) is 0.915. The van der Waals surface area contributed by atoms with Crippen molar-refractivity contribution < 1.29 is 4.79 Å². The van der Waals surface area contributed by atoms with Gasteiger partial charge in [-0.2, -0.15) is 0 Å². The average Bonchev–Trinajstić information content (AvgIpc) is 3.07. The van der Waals surface area contributed by atoms with Crippen LogP contribution in [-0.4, -0.2) is 29.4 Å². The highest BCUT2D eigenvalue weighted by Crippen LogP contribution is 2.37. The minimum absolute atomic E-state index is 0.170. The third-order valence-corrected chi connectivity index (χ3v) is 4.60. The summed E-state index contributed by atoms with van der Waals surface area (Å²) in [6, 6.07) is 10.4. The quantitative estimate of drug-likeness (QED) is 0.897. The van der Waals surface area contributed by atoms with Crippen LogP contribution in [0.15, 0.2) is 30.3 Å². The van der Waals surface area contributed by atoms with Crippen LogP contribution in [0.4, 0.5) is 0 Å². The number of aryl methyl sites for hydroxylation is 1. The lowest BCUT2D eigenvalue weighted by Crippen LogP contribution is -2.47. The van der Waals surface area contributed by atoms with Crippen LogP contribution in [0, 0.1) is 5.92 Å². The molecule has 0 radical (unpaired) electrons. The predicted octanol–water partition coefficient (Wildman–Crippen LogP) is 1.96. The van der Waals surface area contributed by atoms with E-state index in [-0.39, 0.29) is 11.9 Å². The van der Waals surface area contributed by atoms with E-state index in [1.165, 1.54) is 24.8 Å².